The summed E-state index contributed by atoms with van der Waals surface area (Å²) in [6.07, 6.45) is 6.28. The van der Waals surface area contributed by atoms with Crippen molar-refractivity contribution in [2.75, 3.05) is 0 Å². The zero-order valence-electron chi connectivity index (χ0n) is 10.5. The van der Waals surface area contributed by atoms with Crippen molar-refractivity contribution in [1.29, 1.82) is 0 Å². The molecule has 0 aliphatic heterocycles. The summed E-state index contributed by atoms with van der Waals surface area (Å²) in [6, 6.07) is 7.41. The van der Waals surface area contributed by atoms with E-state index in [1.807, 2.05) is 24.3 Å². The Hall–Kier alpha value is -1.39. The van der Waals surface area contributed by atoms with Crippen LogP contribution in [0.1, 0.15) is 24.8 Å². The molecule has 1 aliphatic carbocycles. The summed E-state index contributed by atoms with van der Waals surface area (Å²) < 4.78 is 1.68. The van der Waals surface area contributed by atoms with Crippen LogP contribution in [0.5, 0.6) is 0 Å². The lowest BCUT2D eigenvalue weighted by atomic mass is 9.88. The summed E-state index contributed by atoms with van der Waals surface area (Å²) >= 11 is 5.91. The van der Waals surface area contributed by atoms with E-state index in [2.05, 4.69) is 10.1 Å². The Kier molecular flexibility index (Phi) is 3.29. The highest BCUT2D eigenvalue weighted by Gasteiger charge is 2.37. The van der Waals surface area contributed by atoms with Gasteiger partial charge in [0.2, 0.25) is 0 Å². The van der Waals surface area contributed by atoms with Crippen molar-refractivity contribution in [3.8, 4) is 0 Å². The van der Waals surface area contributed by atoms with Crippen LogP contribution in [-0.2, 0) is 12.1 Å². The molecule has 100 valence electrons. The van der Waals surface area contributed by atoms with Crippen molar-refractivity contribution in [3.05, 3.63) is 47.5 Å². The second-order valence-corrected chi connectivity index (χ2v) is 5.72. The lowest BCUT2D eigenvalue weighted by Crippen LogP contribution is -2.32. The summed E-state index contributed by atoms with van der Waals surface area (Å²) in [6.45, 7) is 0.422. The molecule has 1 heterocycles. The first-order valence-electron chi connectivity index (χ1n) is 6.46. The number of nitrogens with zero attached hydrogens (tertiary/aromatic N) is 3. The van der Waals surface area contributed by atoms with Crippen LogP contribution in [0.2, 0.25) is 5.02 Å². The topological polar surface area (TPSA) is 50.9 Å². The third-order valence-corrected chi connectivity index (χ3v) is 3.85. The van der Waals surface area contributed by atoms with Crippen molar-refractivity contribution >= 4 is 11.6 Å². The smallest absolute Gasteiger partial charge is 0.137 e. The molecule has 19 heavy (non-hydrogen) atoms. The maximum Gasteiger partial charge on any atom is 0.137 e. The third kappa shape index (κ3) is 2.96. The largest absolute Gasteiger partial charge is 0.383 e. The molecular weight excluding hydrogens is 262 g/mol. The molecular formula is C14H16ClN3O. The Morgan fingerprint density at radius 3 is 2.63 bits per heavy atom. The van der Waals surface area contributed by atoms with Gasteiger partial charge in [0.05, 0.1) is 6.54 Å². The normalized spacial score (nSPS) is 18.2. The van der Waals surface area contributed by atoms with Crippen molar-refractivity contribution in [3.63, 3.8) is 0 Å². The van der Waals surface area contributed by atoms with Gasteiger partial charge in [-0.3, -0.25) is 0 Å². The van der Waals surface area contributed by atoms with Crippen LogP contribution in [0.4, 0.5) is 0 Å². The summed E-state index contributed by atoms with van der Waals surface area (Å²) in [5.74, 6) is 0.615. The summed E-state index contributed by atoms with van der Waals surface area (Å²) in [7, 11) is 0. The molecule has 1 fully saturated rings. The minimum absolute atomic E-state index is 0.422. The second kappa shape index (κ2) is 4.94. The van der Waals surface area contributed by atoms with Gasteiger partial charge in [-0.1, -0.05) is 36.6 Å². The predicted molar refractivity (Wildman–Crippen MR) is 72.7 cm³/mol. The molecule has 1 aliphatic rings. The van der Waals surface area contributed by atoms with Crippen molar-refractivity contribution in [2.45, 2.75) is 31.4 Å². The molecule has 0 saturated heterocycles. The number of rotatable bonds is 5. The highest BCUT2D eigenvalue weighted by molar-refractivity contribution is 6.30. The Balaban J connectivity index is 1.88. The summed E-state index contributed by atoms with van der Waals surface area (Å²) in [4.78, 5) is 3.93. The number of aliphatic hydroxyl groups is 1. The molecule has 0 radical (unpaired) electrons. The molecule has 1 saturated carbocycles. The number of halogens is 1. The predicted octanol–water partition coefficient (Wildman–Crippen LogP) is 2.62. The van der Waals surface area contributed by atoms with E-state index in [-0.39, 0.29) is 0 Å². The van der Waals surface area contributed by atoms with Crippen molar-refractivity contribution < 1.29 is 5.11 Å². The molecule has 1 atom stereocenters. The Morgan fingerprint density at radius 1 is 1.32 bits per heavy atom. The molecule has 1 N–H and O–H groups in total. The quantitative estimate of drug-likeness (QED) is 0.914. The third-order valence-electron chi connectivity index (χ3n) is 3.60. The van der Waals surface area contributed by atoms with Gasteiger partial charge in [-0.2, -0.15) is 5.10 Å². The van der Waals surface area contributed by atoms with Gasteiger partial charge in [0.25, 0.3) is 0 Å². The molecule has 5 heteroatoms. The molecule has 3 rings (SSSR count). The van der Waals surface area contributed by atoms with Gasteiger partial charge < -0.3 is 5.11 Å². The minimum atomic E-state index is -0.903. The minimum Gasteiger partial charge on any atom is -0.383 e. The first kappa shape index (κ1) is 12.6. The average molecular weight is 278 g/mol. The number of aromatic nitrogens is 3. The zero-order chi connectivity index (χ0) is 13.3. The first-order valence-corrected chi connectivity index (χ1v) is 6.84. The van der Waals surface area contributed by atoms with Gasteiger partial charge in [-0.15, -0.1) is 0 Å². The molecule has 1 aromatic heterocycles. The average Bonchev–Trinajstić information content (AvgIpc) is 3.04. The lowest BCUT2D eigenvalue weighted by Gasteiger charge is -2.28. The summed E-state index contributed by atoms with van der Waals surface area (Å²) in [5, 5.41) is 15.8. The van der Waals surface area contributed by atoms with Gasteiger partial charge >= 0.3 is 0 Å². The fourth-order valence-electron chi connectivity index (χ4n) is 2.42. The second-order valence-electron chi connectivity index (χ2n) is 5.28. The standard InChI is InChI=1S/C14H16ClN3O/c15-13-5-3-12(4-6-13)14(19,7-11-1-2-11)8-18-10-16-9-17-18/h3-6,9-11,19H,1-2,7-8H2. The fourth-order valence-corrected chi connectivity index (χ4v) is 2.54. The maximum atomic E-state index is 11.0. The van der Waals surface area contributed by atoms with Crippen LogP contribution >= 0.6 is 11.6 Å². The van der Waals surface area contributed by atoms with Crippen LogP contribution in [0, 0.1) is 5.92 Å². The van der Waals surface area contributed by atoms with Gasteiger partial charge in [-0.25, -0.2) is 9.67 Å². The Labute approximate surface area is 117 Å². The molecule has 0 bridgehead atoms. The van der Waals surface area contributed by atoms with E-state index in [4.69, 9.17) is 11.6 Å². The van der Waals surface area contributed by atoms with E-state index in [0.717, 1.165) is 12.0 Å². The number of benzene rings is 1. The van der Waals surface area contributed by atoms with Crippen LogP contribution in [0.15, 0.2) is 36.9 Å². The van der Waals surface area contributed by atoms with E-state index < -0.39 is 5.60 Å². The molecule has 0 amide bonds. The van der Waals surface area contributed by atoms with Crippen LogP contribution in [0.25, 0.3) is 0 Å². The van der Waals surface area contributed by atoms with Gasteiger partial charge in [0, 0.05) is 5.02 Å². The fraction of sp³-hybridized carbons (Fsp3) is 0.429. The molecule has 1 unspecified atom stereocenters. The summed E-state index contributed by atoms with van der Waals surface area (Å²) in [5.41, 5.74) is -0.0151. The SMILES string of the molecule is OC(CC1CC1)(Cn1cncn1)c1ccc(Cl)cc1. The van der Waals surface area contributed by atoms with Gasteiger partial charge in [0.1, 0.15) is 18.3 Å². The maximum absolute atomic E-state index is 11.0. The number of hydrogen-bond donors (Lipinski definition) is 1. The van der Waals surface area contributed by atoms with E-state index in [1.54, 1.807) is 11.0 Å². The Bertz CT molecular complexity index is 536. The molecule has 4 nitrogen and oxygen atoms in total. The lowest BCUT2D eigenvalue weighted by molar-refractivity contribution is 0.000912. The van der Waals surface area contributed by atoms with E-state index in [1.165, 1.54) is 19.2 Å². The highest BCUT2D eigenvalue weighted by Crippen LogP contribution is 2.41. The molecule has 0 spiro atoms. The van der Waals surface area contributed by atoms with Crippen molar-refractivity contribution in [2.24, 2.45) is 5.92 Å². The molecule has 1 aromatic carbocycles. The molecule has 2 aromatic rings. The highest BCUT2D eigenvalue weighted by atomic mass is 35.5. The van der Waals surface area contributed by atoms with Gasteiger partial charge in [0.15, 0.2) is 0 Å². The van der Waals surface area contributed by atoms with E-state index in [9.17, 15) is 5.11 Å². The zero-order valence-corrected chi connectivity index (χ0v) is 11.3. The van der Waals surface area contributed by atoms with Crippen LogP contribution in [-0.4, -0.2) is 19.9 Å². The first-order chi connectivity index (χ1) is 9.16. The Morgan fingerprint density at radius 2 is 2.05 bits per heavy atom. The van der Waals surface area contributed by atoms with Crippen LogP contribution in [0.3, 0.4) is 0 Å². The van der Waals surface area contributed by atoms with Crippen LogP contribution < -0.4 is 0 Å². The van der Waals surface area contributed by atoms with Gasteiger partial charge in [-0.05, 0) is 30.0 Å². The van der Waals surface area contributed by atoms with Crippen molar-refractivity contribution in [1.82, 2.24) is 14.8 Å². The monoisotopic (exact) mass is 277 g/mol. The van der Waals surface area contributed by atoms with E-state index >= 15 is 0 Å². The number of hydrogen-bond acceptors (Lipinski definition) is 3. The van der Waals surface area contributed by atoms with E-state index in [0.29, 0.717) is 17.5 Å².